The molecule has 1 aliphatic rings. The van der Waals surface area contributed by atoms with Crippen LogP contribution in [0.2, 0.25) is 4.34 Å². The van der Waals surface area contributed by atoms with E-state index in [-0.39, 0.29) is 11.9 Å². The van der Waals surface area contributed by atoms with Crippen molar-refractivity contribution in [2.45, 2.75) is 12.5 Å². The van der Waals surface area contributed by atoms with Crippen LogP contribution >= 0.6 is 50.2 Å². The molecule has 0 spiro atoms. The smallest absolute Gasteiger partial charge is 0.207 e. The molecule has 0 fully saturated rings. The topological polar surface area (TPSA) is 28.5 Å². The molecule has 3 heterocycles. The van der Waals surface area contributed by atoms with Crippen molar-refractivity contribution < 1.29 is 4.39 Å². The van der Waals surface area contributed by atoms with Crippen LogP contribution in [0.25, 0.3) is 11.3 Å². The number of hydrazone groups is 1. The second-order valence-electron chi connectivity index (χ2n) is 6.79. The molecule has 0 saturated heterocycles. The minimum absolute atomic E-state index is 0.0506. The van der Waals surface area contributed by atoms with Gasteiger partial charge in [0.05, 0.1) is 26.7 Å². The van der Waals surface area contributed by atoms with E-state index in [2.05, 4.69) is 15.9 Å². The van der Waals surface area contributed by atoms with Crippen molar-refractivity contribution in [3.63, 3.8) is 0 Å². The number of hydrogen-bond acceptors (Lipinski definition) is 5. The third-order valence-electron chi connectivity index (χ3n) is 4.85. The molecule has 0 saturated carbocycles. The predicted molar refractivity (Wildman–Crippen MR) is 127 cm³/mol. The zero-order chi connectivity index (χ0) is 20.7. The fourth-order valence-electron chi connectivity index (χ4n) is 3.37. The van der Waals surface area contributed by atoms with Gasteiger partial charge in [0.2, 0.25) is 5.13 Å². The molecule has 4 aromatic rings. The lowest BCUT2D eigenvalue weighted by molar-refractivity contribution is 0.624. The first-order valence-electron chi connectivity index (χ1n) is 9.16. The maximum Gasteiger partial charge on any atom is 0.207 e. The normalized spacial score (nSPS) is 16.2. The Morgan fingerprint density at radius 1 is 1.03 bits per heavy atom. The largest absolute Gasteiger partial charge is 0.231 e. The second-order valence-corrected chi connectivity index (χ2v) is 10.3. The number of halogens is 3. The van der Waals surface area contributed by atoms with Gasteiger partial charge in [0, 0.05) is 21.8 Å². The van der Waals surface area contributed by atoms with E-state index < -0.39 is 0 Å². The predicted octanol–water partition coefficient (Wildman–Crippen LogP) is 7.78. The fraction of sp³-hybridized carbons (Fsp3) is 0.0909. The van der Waals surface area contributed by atoms with Crippen LogP contribution in [0, 0.1) is 5.82 Å². The van der Waals surface area contributed by atoms with Gasteiger partial charge in [0.25, 0.3) is 0 Å². The molecule has 0 aliphatic carbocycles. The maximum absolute atomic E-state index is 13.5. The summed E-state index contributed by atoms with van der Waals surface area (Å²) in [5.74, 6) is -0.249. The molecular formula is C22H14BrClFN3S2. The summed E-state index contributed by atoms with van der Waals surface area (Å²) in [5, 5.41) is 9.68. The average Bonchev–Trinajstić information content (AvgIpc) is 3.48. The maximum atomic E-state index is 13.5. The summed E-state index contributed by atoms with van der Waals surface area (Å²) < 4.78 is 15.3. The average molecular weight is 519 g/mol. The minimum Gasteiger partial charge on any atom is -0.231 e. The van der Waals surface area contributed by atoms with Crippen LogP contribution in [0.1, 0.15) is 22.9 Å². The Morgan fingerprint density at radius 3 is 2.50 bits per heavy atom. The summed E-state index contributed by atoms with van der Waals surface area (Å²) in [6, 6.07) is 18.5. The molecule has 8 heteroatoms. The van der Waals surface area contributed by atoms with Crippen LogP contribution in [0.15, 0.2) is 75.6 Å². The molecule has 0 amide bonds. The lowest BCUT2D eigenvalue weighted by Crippen LogP contribution is -2.18. The molecule has 150 valence electrons. The van der Waals surface area contributed by atoms with Crippen LogP contribution in [-0.2, 0) is 0 Å². The number of rotatable bonds is 4. The second kappa shape index (κ2) is 8.23. The van der Waals surface area contributed by atoms with Crippen molar-refractivity contribution in [3.05, 3.63) is 91.1 Å². The fourth-order valence-corrected chi connectivity index (χ4v) is 5.51. The summed E-state index contributed by atoms with van der Waals surface area (Å²) in [7, 11) is 0. The number of benzene rings is 2. The van der Waals surface area contributed by atoms with Gasteiger partial charge in [-0.2, -0.15) is 5.10 Å². The van der Waals surface area contributed by atoms with E-state index >= 15 is 0 Å². The van der Waals surface area contributed by atoms with Crippen LogP contribution in [0.3, 0.4) is 0 Å². The molecule has 5 rings (SSSR count). The van der Waals surface area contributed by atoms with Crippen LogP contribution < -0.4 is 5.01 Å². The van der Waals surface area contributed by atoms with E-state index in [9.17, 15) is 4.39 Å². The Hall–Kier alpha value is -2.06. The highest BCUT2D eigenvalue weighted by Gasteiger charge is 2.32. The van der Waals surface area contributed by atoms with E-state index in [0.717, 1.165) is 41.4 Å². The van der Waals surface area contributed by atoms with E-state index in [1.54, 1.807) is 11.3 Å². The monoisotopic (exact) mass is 517 g/mol. The van der Waals surface area contributed by atoms with Crippen LogP contribution in [0.4, 0.5) is 9.52 Å². The van der Waals surface area contributed by atoms with Gasteiger partial charge in [-0.15, -0.1) is 22.7 Å². The standard InChI is InChI=1S/C22H14BrClFN3S2/c23-15-5-1-13(2-6-15)18-12-29-22(26-18)28-19(14-3-7-16(25)8-4-14)11-17(27-28)20-9-10-21(24)30-20/h1-10,12,19H,11H2. The number of thiazole rings is 1. The Morgan fingerprint density at radius 2 is 1.80 bits per heavy atom. The van der Waals surface area contributed by atoms with E-state index in [4.69, 9.17) is 21.7 Å². The lowest BCUT2D eigenvalue weighted by Gasteiger charge is -2.21. The molecule has 1 atom stereocenters. The molecular weight excluding hydrogens is 505 g/mol. The molecule has 30 heavy (non-hydrogen) atoms. The van der Waals surface area contributed by atoms with Gasteiger partial charge < -0.3 is 0 Å². The van der Waals surface area contributed by atoms with E-state index in [0.29, 0.717) is 6.42 Å². The molecule has 1 aliphatic heterocycles. The van der Waals surface area contributed by atoms with Gasteiger partial charge in [-0.05, 0) is 42.0 Å². The van der Waals surface area contributed by atoms with Crippen molar-refractivity contribution in [1.82, 2.24) is 4.98 Å². The zero-order valence-corrected chi connectivity index (χ0v) is 19.4. The van der Waals surface area contributed by atoms with E-state index in [1.807, 2.05) is 58.9 Å². The number of aromatic nitrogens is 1. The van der Waals surface area contributed by atoms with Crippen molar-refractivity contribution in [2.24, 2.45) is 5.10 Å². The zero-order valence-electron chi connectivity index (χ0n) is 15.4. The van der Waals surface area contributed by atoms with Crippen molar-refractivity contribution in [2.75, 3.05) is 5.01 Å². The van der Waals surface area contributed by atoms with Gasteiger partial charge in [0.15, 0.2) is 0 Å². The van der Waals surface area contributed by atoms with Gasteiger partial charge in [-0.1, -0.05) is 51.8 Å². The van der Waals surface area contributed by atoms with Crippen molar-refractivity contribution in [3.8, 4) is 11.3 Å². The molecule has 0 N–H and O–H groups in total. The van der Waals surface area contributed by atoms with Gasteiger partial charge >= 0.3 is 0 Å². The highest BCUT2D eigenvalue weighted by molar-refractivity contribution is 9.10. The number of thiophene rings is 1. The number of anilines is 1. The summed E-state index contributed by atoms with van der Waals surface area (Å²) in [6.45, 7) is 0. The first-order valence-corrected chi connectivity index (χ1v) is 12.0. The SMILES string of the molecule is Fc1ccc(C2CC(c3ccc(Cl)s3)=NN2c2nc(-c3ccc(Br)cc3)cs2)cc1. The Kier molecular flexibility index (Phi) is 5.45. The van der Waals surface area contributed by atoms with Gasteiger partial charge in [-0.3, -0.25) is 0 Å². The minimum atomic E-state index is -0.249. The molecule has 3 nitrogen and oxygen atoms in total. The van der Waals surface area contributed by atoms with Crippen molar-refractivity contribution in [1.29, 1.82) is 0 Å². The molecule has 2 aromatic heterocycles. The molecule has 1 unspecified atom stereocenters. The van der Waals surface area contributed by atoms with Gasteiger partial charge in [-0.25, -0.2) is 14.4 Å². The third kappa shape index (κ3) is 3.95. The first kappa shape index (κ1) is 19.9. The third-order valence-corrected chi connectivity index (χ3v) is 7.49. The van der Waals surface area contributed by atoms with Gasteiger partial charge in [0.1, 0.15) is 5.82 Å². The number of nitrogens with zero attached hydrogens (tertiary/aromatic N) is 3. The molecule has 2 aromatic carbocycles. The quantitative estimate of drug-likeness (QED) is 0.276. The Balaban J connectivity index is 1.52. The highest BCUT2D eigenvalue weighted by Crippen LogP contribution is 2.40. The molecule has 0 bridgehead atoms. The number of hydrogen-bond donors (Lipinski definition) is 0. The summed E-state index contributed by atoms with van der Waals surface area (Å²) in [6.07, 6.45) is 0.704. The van der Waals surface area contributed by atoms with Crippen molar-refractivity contribution >= 4 is 61.0 Å². The van der Waals surface area contributed by atoms with Crippen LogP contribution in [0.5, 0.6) is 0 Å². The van der Waals surface area contributed by atoms with Crippen LogP contribution in [-0.4, -0.2) is 10.7 Å². The summed E-state index contributed by atoms with van der Waals surface area (Å²) >= 11 is 12.7. The summed E-state index contributed by atoms with van der Waals surface area (Å²) in [4.78, 5) is 5.89. The summed E-state index contributed by atoms with van der Waals surface area (Å²) in [5.41, 5.74) is 3.91. The first-order chi connectivity index (χ1) is 14.6. The Bertz CT molecular complexity index is 1220. The molecule has 0 radical (unpaired) electrons. The Labute approximate surface area is 194 Å². The highest BCUT2D eigenvalue weighted by atomic mass is 79.9. The van der Waals surface area contributed by atoms with E-state index in [1.165, 1.54) is 23.5 Å². The lowest BCUT2D eigenvalue weighted by atomic mass is 10.0.